The molecule has 0 aliphatic rings. The number of benzene rings is 2. The molecule has 0 saturated heterocycles. The lowest BCUT2D eigenvalue weighted by Crippen LogP contribution is -2.12. The van der Waals surface area contributed by atoms with Gasteiger partial charge in [-0.3, -0.25) is 14.9 Å². The van der Waals surface area contributed by atoms with E-state index in [4.69, 9.17) is 0 Å². The van der Waals surface area contributed by atoms with Crippen molar-refractivity contribution >= 4 is 38.7 Å². The molecule has 0 fully saturated rings. The van der Waals surface area contributed by atoms with Crippen molar-refractivity contribution in [3.8, 4) is 0 Å². The second-order valence-electron chi connectivity index (χ2n) is 4.81. The van der Waals surface area contributed by atoms with Crippen molar-refractivity contribution in [2.24, 2.45) is 0 Å². The second-order valence-corrected chi connectivity index (χ2v) is 5.72. The van der Waals surface area contributed by atoms with Crippen LogP contribution in [0.1, 0.15) is 15.9 Å². The summed E-state index contributed by atoms with van der Waals surface area (Å²) in [6.45, 7) is 1.62. The minimum atomic E-state index is -0.453. The van der Waals surface area contributed by atoms with Gasteiger partial charge in [-0.25, -0.2) is 0 Å². The largest absolute Gasteiger partial charge is 0.321 e. The van der Waals surface area contributed by atoms with E-state index in [1.54, 1.807) is 24.4 Å². The number of carbonyl (C=O) groups excluding carboxylic acids is 1. The van der Waals surface area contributed by atoms with Gasteiger partial charge in [0.05, 0.1) is 21.7 Å². The number of nitro groups is 1. The Labute approximate surface area is 130 Å². The van der Waals surface area contributed by atoms with Gasteiger partial charge < -0.3 is 5.32 Å². The van der Waals surface area contributed by atoms with E-state index >= 15 is 0 Å². The molecule has 5 nitrogen and oxygen atoms in total. The van der Waals surface area contributed by atoms with E-state index in [-0.39, 0.29) is 11.6 Å². The van der Waals surface area contributed by atoms with Crippen LogP contribution in [0.25, 0.3) is 10.1 Å². The average Bonchev–Trinajstić information content (AvgIpc) is 2.93. The Morgan fingerprint density at radius 3 is 2.73 bits per heavy atom. The highest BCUT2D eigenvalue weighted by molar-refractivity contribution is 7.17. The Morgan fingerprint density at radius 1 is 1.18 bits per heavy atom. The van der Waals surface area contributed by atoms with Crippen molar-refractivity contribution in [1.82, 2.24) is 0 Å². The maximum absolute atomic E-state index is 12.4. The molecule has 1 heterocycles. The van der Waals surface area contributed by atoms with E-state index in [1.807, 2.05) is 24.3 Å². The van der Waals surface area contributed by atoms with Gasteiger partial charge in [-0.05, 0) is 19.1 Å². The Hall–Kier alpha value is -2.73. The van der Waals surface area contributed by atoms with E-state index < -0.39 is 4.92 Å². The number of thiophene rings is 1. The third-order valence-corrected chi connectivity index (χ3v) is 4.44. The first-order valence-corrected chi connectivity index (χ1v) is 7.47. The highest BCUT2D eigenvalue weighted by Crippen LogP contribution is 2.28. The van der Waals surface area contributed by atoms with Crippen LogP contribution in [-0.2, 0) is 0 Å². The number of nitrogens with one attached hydrogen (secondary N) is 1. The summed E-state index contributed by atoms with van der Waals surface area (Å²) in [5.41, 5.74) is 1.47. The van der Waals surface area contributed by atoms with Gasteiger partial charge in [-0.1, -0.05) is 24.3 Å². The fourth-order valence-electron chi connectivity index (χ4n) is 2.30. The molecular weight excluding hydrogens is 300 g/mol. The van der Waals surface area contributed by atoms with Gasteiger partial charge in [0.1, 0.15) is 0 Å². The lowest BCUT2D eigenvalue weighted by atomic mass is 10.1. The Morgan fingerprint density at radius 2 is 1.95 bits per heavy atom. The van der Waals surface area contributed by atoms with E-state index in [1.165, 1.54) is 17.4 Å². The number of hydrogen-bond acceptors (Lipinski definition) is 4. The molecule has 3 aromatic rings. The molecule has 0 unspecified atom stereocenters. The van der Waals surface area contributed by atoms with Gasteiger partial charge in [0.15, 0.2) is 0 Å². The first-order chi connectivity index (χ1) is 10.6. The molecule has 0 atom stereocenters. The smallest absolute Gasteiger partial charge is 0.274 e. The molecule has 6 heteroatoms. The number of anilines is 1. The number of nitro benzene ring substituents is 1. The van der Waals surface area contributed by atoms with Crippen LogP contribution in [-0.4, -0.2) is 10.8 Å². The number of fused-ring (bicyclic) bond motifs is 1. The van der Waals surface area contributed by atoms with Gasteiger partial charge in [-0.2, -0.15) is 0 Å². The quantitative estimate of drug-likeness (QED) is 0.576. The average molecular weight is 312 g/mol. The summed E-state index contributed by atoms with van der Waals surface area (Å²) in [5.74, 6) is -0.263. The molecule has 1 amide bonds. The van der Waals surface area contributed by atoms with Crippen molar-refractivity contribution in [2.75, 3.05) is 5.32 Å². The van der Waals surface area contributed by atoms with Crippen molar-refractivity contribution < 1.29 is 9.72 Å². The van der Waals surface area contributed by atoms with E-state index in [2.05, 4.69) is 5.32 Å². The molecule has 0 spiro atoms. The summed E-state index contributed by atoms with van der Waals surface area (Å²) < 4.78 is 1.03. The normalized spacial score (nSPS) is 10.6. The minimum Gasteiger partial charge on any atom is -0.321 e. The predicted octanol–water partition coefficient (Wildman–Crippen LogP) is 4.37. The summed E-state index contributed by atoms with van der Waals surface area (Å²) in [4.78, 5) is 23.0. The van der Waals surface area contributed by atoms with E-state index in [0.29, 0.717) is 16.8 Å². The third-order valence-electron chi connectivity index (χ3n) is 3.48. The monoisotopic (exact) mass is 312 g/mol. The van der Waals surface area contributed by atoms with Crippen molar-refractivity contribution in [3.63, 3.8) is 0 Å². The Bertz CT molecular complexity index is 886. The molecule has 0 saturated carbocycles. The summed E-state index contributed by atoms with van der Waals surface area (Å²) in [6.07, 6.45) is 0. The molecule has 2 aromatic carbocycles. The molecule has 1 N–H and O–H groups in total. The number of hydrogen-bond donors (Lipinski definition) is 1. The molecule has 22 heavy (non-hydrogen) atoms. The Kier molecular flexibility index (Phi) is 3.60. The van der Waals surface area contributed by atoms with Gasteiger partial charge in [-0.15, -0.1) is 11.3 Å². The van der Waals surface area contributed by atoms with Crippen LogP contribution in [0.3, 0.4) is 0 Å². The fourth-order valence-corrected chi connectivity index (χ4v) is 3.24. The zero-order chi connectivity index (χ0) is 15.7. The van der Waals surface area contributed by atoms with E-state index in [0.717, 1.165) is 10.1 Å². The van der Waals surface area contributed by atoms with E-state index in [9.17, 15) is 14.9 Å². The van der Waals surface area contributed by atoms with Crippen molar-refractivity contribution in [2.45, 2.75) is 6.92 Å². The predicted molar refractivity (Wildman–Crippen MR) is 87.6 cm³/mol. The minimum absolute atomic E-state index is 0.00650. The molecule has 0 radical (unpaired) electrons. The molecule has 110 valence electrons. The highest BCUT2D eigenvalue weighted by atomic mass is 32.1. The number of rotatable bonds is 3. The van der Waals surface area contributed by atoms with Crippen LogP contribution >= 0.6 is 11.3 Å². The van der Waals surface area contributed by atoms with Gasteiger partial charge in [0.2, 0.25) is 0 Å². The highest BCUT2D eigenvalue weighted by Gasteiger charge is 2.17. The molecule has 0 aliphatic heterocycles. The summed E-state index contributed by atoms with van der Waals surface area (Å²) >= 11 is 1.50. The van der Waals surface area contributed by atoms with Crippen LogP contribution in [0.15, 0.2) is 47.8 Å². The van der Waals surface area contributed by atoms with Crippen LogP contribution in [0.4, 0.5) is 11.4 Å². The number of nitrogens with zero attached hydrogens (tertiary/aromatic N) is 1. The summed E-state index contributed by atoms with van der Waals surface area (Å²) in [6, 6.07) is 12.3. The maximum atomic E-state index is 12.4. The SMILES string of the molecule is Cc1c(NC(=O)c2csc3ccccc23)cccc1[N+](=O)[O-]. The first-order valence-electron chi connectivity index (χ1n) is 6.59. The van der Waals surface area contributed by atoms with Crippen LogP contribution < -0.4 is 5.32 Å². The van der Waals surface area contributed by atoms with Gasteiger partial charge >= 0.3 is 0 Å². The van der Waals surface area contributed by atoms with Crippen LogP contribution in [0.5, 0.6) is 0 Å². The lowest BCUT2D eigenvalue weighted by molar-refractivity contribution is -0.385. The van der Waals surface area contributed by atoms with Crippen LogP contribution in [0.2, 0.25) is 0 Å². The standard InChI is InChI=1S/C16H12N2O3S/c1-10-13(6-4-7-14(10)18(20)21)17-16(19)12-9-22-15-8-3-2-5-11(12)15/h2-9H,1H3,(H,17,19). The number of carbonyl (C=O) groups is 1. The zero-order valence-electron chi connectivity index (χ0n) is 11.7. The third kappa shape index (κ3) is 2.44. The van der Waals surface area contributed by atoms with Crippen molar-refractivity contribution in [1.29, 1.82) is 0 Å². The molecule has 3 rings (SSSR count). The van der Waals surface area contributed by atoms with Gasteiger partial charge in [0, 0.05) is 21.5 Å². The first kappa shape index (κ1) is 14.2. The Balaban J connectivity index is 1.95. The number of amides is 1. The second kappa shape index (κ2) is 5.57. The molecule has 0 bridgehead atoms. The lowest BCUT2D eigenvalue weighted by Gasteiger charge is -2.08. The van der Waals surface area contributed by atoms with Crippen LogP contribution in [0, 0.1) is 17.0 Å². The van der Waals surface area contributed by atoms with Gasteiger partial charge in [0.25, 0.3) is 11.6 Å². The molecule has 0 aliphatic carbocycles. The molecular formula is C16H12N2O3S. The van der Waals surface area contributed by atoms with Crippen molar-refractivity contribution in [3.05, 3.63) is 69.1 Å². The summed E-state index contributed by atoms with van der Waals surface area (Å²) in [7, 11) is 0. The fraction of sp³-hybridized carbons (Fsp3) is 0.0625. The molecule has 1 aromatic heterocycles. The maximum Gasteiger partial charge on any atom is 0.274 e. The summed E-state index contributed by atoms with van der Waals surface area (Å²) in [5, 5.41) is 16.4. The zero-order valence-corrected chi connectivity index (χ0v) is 12.5. The topological polar surface area (TPSA) is 72.2 Å².